The third-order valence-electron chi connectivity index (χ3n) is 11.2. The predicted octanol–water partition coefficient (Wildman–Crippen LogP) is 11.8. The number of unbranched alkanes of at least 4 members (excludes halogenated alkanes) is 17. The third-order valence-corrected chi connectivity index (χ3v) is 12.2. The van der Waals surface area contributed by atoms with Crippen molar-refractivity contribution in [3.63, 3.8) is 0 Å². The van der Waals surface area contributed by atoms with Gasteiger partial charge in [-0.05, 0) is 45.2 Å². The molecule has 4 aromatic rings. The maximum atomic E-state index is 14.6. The predicted molar refractivity (Wildman–Crippen MR) is 237 cm³/mol. The summed E-state index contributed by atoms with van der Waals surface area (Å²) in [6.45, 7) is 2.30. The van der Waals surface area contributed by atoms with Gasteiger partial charge in [-0.15, -0.1) is 0 Å². The summed E-state index contributed by atoms with van der Waals surface area (Å²) in [5, 5.41) is 24.9. The van der Waals surface area contributed by atoms with Crippen LogP contribution in [-0.4, -0.2) is 71.6 Å². The molecule has 4 aromatic carbocycles. The highest BCUT2D eigenvalue weighted by atomic mass is 31.2. The molecule has 59 heavy (non-hydrogen) atoms. The molecule has 3 unspecified atom stereocenters. The van der Waals surface area contributed by atoms with Crippen molar-refractivity contribution in [3.8, 4) is 0 Å². The number of hydrogen-bond acceptors (Lipinski definition) is 9. The van der Waals surface area contributed by atoms with Crippen molar-refractivity contribution >= 4 is 51.9 Å². The second kappa shape index (κ2) is 27.1. The summed E-state index contributed by atoms with van der Waals surface area (Å²) in [6, 6.07) is 18.1. The maximum absolute atomic E-state index is 14.6. The van der Waals surface area contributed by atoms with Crippen LogP contribution in [0.15, 0.2) is 54.6 Å². The molecule has 0 aliphatic carbocycles. The lowest BCUT2D eigenvalue weighted by molar-refractivity contribution is -0.150. The Bertz CT molecular complexity index is 1830. The number of ketones is 1. The minimum atomic E-state index is -4.71. The maximum Gasteiger partial charge on any atom is 0.472 e. The van der Waals surface area contributed by atoms with Crippen molar-refractivity contribution in [2.24, 2.45) is 0 Å². The van der Waals surface area contributed by atoms with Gasteiger partial charge in [0.1, 0.15) is 24.9 Å². The van der Waals surface area contributed by atoms with Crippen molar-refractivity contribution in [1.82, 2.24) is 0 Å². The number of aliphatic hydroxyl groups excluding tert-OH is 2. The number of phosphoric acid groups is 1. The Labute approximate surface area is 352 Å². The molecule has 0 aliphatic heterocycles. The second-order valence-corrected chi connectivity index (χ2v) is 17.7. The molecular weight excluding hydrogens is 767 g/mol. The molecule has 0 bridgehead atoms. The highest BCUT2D eigenvalue weighted by molar-refractivity contribution is 7.47. The van der Waals surface area contributed by atoms with Crippen molar-refractivity contribution in [2.75, 3.05) is 26.4 Å². The summed E-state index contributed by atoms with van der Waals surface area (Å²) < 4.78 is 35.0. The minimum absolute atomic E-state index is 0.228. The summed E-state index contributed by atoms with van der Waals surface area (Å²) in [7, 11) is -4.71. The van der Waals surface area contributed by atoms with Gasteiger partial charge in [0.2, 0.25) is 0 Å². The highest BCUT2D eigenvalue weighted by Crippen LogP contribution is 2.43. The van der Waals surface area contributed by atoms with Crippen molar-refractivity contribution in [1.29, 1.82) is 0 Å². The number of benzene rings is 4. The van der Waals surface area contributed by atoms with E-state index >= 15 is 0 Å². The average molecular weight is 839 g/mol. The molecule has 0 aliphatic rings. The SMILES string of the molecule is CCCCCCCCCCCCCCCC(=O)OC[C@H](COP(=O)(O)OCC(O)CO)OC(CCCCCCCC)C(=O)c1ccc2ccc3cccc4ccc1c2c34. The standard InChI is InChI=1S/C48H71O10P/c1-3-5-7-9-11-12-13-14-15-16-17-19-21-26-45(51)55-35-41(36-57-59(53,54)56-34-40(50)33-49)58-44(25-20-18-10-8-6-4-2)48(52)43-32-30-39-28-27-37-23-22-24-38-29-31-42(43)47(39)46(37)38/h22-24,27-32,40-41,44,49-50H,3-21,25-26,33-36H2,1-2H3,(H,53,54)/t40?,41-,44?/m1/s1. The fourth-order valence-corrected chi connectivity index (χ4v) is 8.64. The van der Waals surface area contributed by atoms with Gasteiger partial charge in [-0.1, -0.05) is 184 Å². The van der Waals surface area contributed by atoms with Gasteiger partial charge in [0.25, 0.3) is 0 Å². The van der Waals surface area contributed by atoms with E-state index in [0.29, 0.717) is 18.4 Å². The van der Waals surface area contributed by atoms with Crippen molar-refractivity contribution in [2.45, 2.75) is 167 Å². The molecule has 4 rings (SSSR count). The molecule has 328 valence electrons. The van der Waals surface area contributed by atoms with E-state index in [1.165, 1.54) is 57.8 Å². The van der Waals surface area contributed by atoms with Gasteiger partial charge in [-0.2, -0.15) is 0 Å². The zero-order valence-corrected chi connectivity index (χ0v) is 36.6. The Morgan fingerprint density at radius 3 is 1.73 bits per heavy atom. The monoisotopic (exact) mass is 838 g/mol. The average Bonchev–Trinajstić information content (AvgIpc) is 3.24. The Hall–Kier alpha value is -2.95. The van der Waals surface area contributed by atoms with Crippen LogP contribution < -0.4 is 0 Å². The Balaban J connectivity index is 1.42. The van der Waals surface area contributed by atoms with E-state index in [-0.39, 0.29) is 18.8 Å². The molecule has 4 atom stereocenters. The number of hydrogen-bond donors (Lipinski definition) is 3. The number of esters is 1. The van der Waals surface area contributed by atoms with Crippen molar-refractivity contribution in [3.05, 3.63) is 60.2 Å². The van der Waals surface area contributed by atoms with E-state index in [2.05, 4.69) is 38.1 Å². The number of aliphatic hydroxyl groups is 2. The molecular formula is C48H71O10P. The molecule has 10 nitrogen and oxygen atoms in total. The van der Waals surface area contributed by atoms with E-state index in [1.54, 1.807) is 0 Å². The van der Waals surface area contributed by atoms with Crippen LogP contribution in [0.5, 0.6) is 0 Å². The zero-order chi connectivity index (χ0) is 42.3. The Morgan fingerprint density at radius 1 is 0.627 bits per heavy atom. The fraction of sp³-hybridized carbons (Fsp3) is 0.625. The van der Waals surface area contributed by atoms with Crippen LogP contribution in [0.25, 0.3) is 32.3 Å². The van der Waals surface area contributed by atoms with Crippen molar-refractivity contribution < 1.29 is 47.8 Å². The lowest BCUT2D eigenvalue weighted by Gasteiger charge is -2.25. The fourth-order valence-electron chi connectivity index (χ4n) is 7.85. The molecule has 0 saturated heterocycles. The van der Waals surface area contributed by atoms with Gasteiger partial charge in [0.05, 0.1) is 19.8 Å². The van der Waals surface area contributed by atoms with Crippen LogP contribution in [-0.2, 0) is 27.9 Å². The third kappa shape index (κ3) is 16.8. The molecule has 0 amide bonds. The number of rotatable bonds is 34. The van der Waals surface area contributed by atoms with E-state index in [1.807, 2.05) is 30.3 Å². The highest BCUT2D eigenvalue weighted by Gasteiger charge is 2.31. The summed E-state index contributed by atoms with van der Waals surface area (Å²) in [5.41, 5.74) is 0.514. The largest absolute Gasteiger partial charge is 0.472 e. The Morgan fingerprint density at radius 2 is 1.14 bits per heavy atom. The summed E-state index contributed by atoms with van der Waals surface area (Å²) in [5.74, 6) is -0.643. The van der Waals surface area contributed by atoms with E-state index < -0.39 is 51.9 Å². The molecule has 0 heterocycles. The zero-order valence-electron chi connectivity index (χ0n) is 35.8. The van der Waals surface area contributed by atoms with Gasteiger partial charge in [-0.3, -0.25) is 18.6 Å². The van der Waals surface area contributed by atoms with Crippen LogP contribution in [0.4, 0.5) is 0 Å². The number of carbonyl (C=O) groups excluding carboxylic acids is 2. The van der Waals surface area contributed by atoms with Gasteiger partial charge in [-0.25, -0.2) is 4.57 Å². The quantitative estimate of drug-likeness (QED) is 0.0136. The lowest BCUT2D eigenvalue weighted by atomic mass is 9.89. The molecule has 0 fully saturated rings. The van der Waals surface area contributed by atoms with Crippen LogP contribution in [0.2, 0.25) is 0 Å². The first-order chi connectivity index (χ1) is 28.7. The smallest absolute Gasteiger partial charge is 0.463 e. The molecule has 0 aromatic heterocycles. The molecule has 11 heteroatoms. The molecule has 0 saturated carbocycles. The van der Waals surface area contributed by atoms with E-state index in [9.17, 15) is 24.2 Å². The molecule has 3 N–H and O–H groups in total. The minimum Gasteiger partial charge on any atom is -0.463 e. The van der Waals surface area contributed by atoms with Gasteiger partial charge in [0.15, 0.2) is 5.78 Å². The Kier molecular flexibility index (Phi) is 22.4. The van der Waals surface area contributed by atoms with E-state index in [0.717, 1.165) is 90.1 Å². The first kappa shape index (κ1) is 48.7. The number of ether oxygens (including phenoxy) is 2. The number of phosphoric ester groups is 1. The summed E-state index contributed by atoms with van der Waals surface area (Å²) >= 11 is 0. The van der Waals surface area contributed by atoms with Crippen LogP contribution >= 0.6 is 7.82 Å². The lowest BCUT2D eigenvalue weighted by Crippen LogP contribution is -2.35. The van der Waals surface area contributed by atoms with Gasteiger partial charge in [0, 0.05) is 12.0 Å². The molecule has 0 radical (unpaired) electrons. The number of Topliss-reactive ketones (excluding diaryl/α,β-unsaturated/α-hetero) is 1. The number of carbonyl (C=O) groups is 2. The first-order valence-electron chi connectivity index (χ1n) is 22.6. The van der Waals surface area contributed by atoms with Gasteiger partial charge < -0.3 is 24.6 Å². The summed E-state index contributed by atoms with van der Waals surface area (Å²) in [4.78, 5) is 38.0. The van der Waals surface area contributed by atoms with Crippen LogP contribution in [0.1, 0.15) is 159 Å². The van der Waals surface area contributed by atoms with Crippen LogP contribution in [0.3, 0.4) is 0 Å². The topological polar surface area (TPSA) is 149 Å². The second-order valence-electron chi connectivity index (χ2n) is 16.2. The first-order valence-corrected chi connectivity index (χ1v) is 24.1. The van der Waals surface area contributed by atoms with Gasteiger partial charge >= 0.3 is 13.8 Å². The normalized spacial score (nSPS) is 14.5. The summed E-state index contributed by atoms with van der Waals surface area (Å²) in [6.07, 6.45) is 18.8. The molecule has 0 spiro atoms. The van der Waals surface area contributed by atoms with E-state index in [4.69, 9.17) is 23.6 Å². The van der Waals surface area contributed by atoms with Crippen LogP contribution in [0, 0.1) is 0 Å².